The van der Waals surface area contributed by atoms with E-state index < -0.39 is 11.8 Å². The standard InChI is InChI=1S/C23H25N3O3S/c1-14-6-8-18(9-7-14)26-22(28)20(21(27)24-23(26)30)12-17-11-15(2)25(16(17)3)13-19-5-4-10-29-19/h6-9,11-12,19H,4-5,10,13H2,1-3H3,(H,24,27,30)/b20-12+/t19-/m1/s1. The molecule has 0 unspecified atom stereocenters. The molecule has 6 nitrogen and oxygen atoms in total. The third-order valence-electron chi connectivity index (χ3n) is 5.72. The number of ether oxygens (including phenoxy) is 1. The van der Waals surface area contributed by atoms with Crippen molar-refractivity contribution in [3.8, 4) is 0 Å². The van der Waals surface area contributed by atoms with Gasteiger partial charge in [-0.1, -0.05) is 17.7 Å². The molecule has 1 aromatic heterocycles. The van der Waals surface area contributed by atoms with Gasteiger partial charge >= 0.3 is 0 Å². The van der Waals surface area contributed by atoms with Gasteiger partial charge in [0.15, 0.2) is 5.11 Å². The third kappa shape index (κ3) is 3.82. The molecule has 0 aliphatic carbocycles. The van der Waals surface area contributed by atoms with Gasteiger partial charge in [0.25, 0.3) is 11.8 Å². The smallest absolute Gasteiger partial charge is 0.270 e. The third-order valence-corrected chi connectivity index (χ3v) is 6.00. The Morgan fingerprint density at radius 3 is 2.60 bits per heavy atom. The summed E-state index contributed by atoms with van der Waals surface area (Å²) in [6.07, 6.45) is 4.01. The van der Waals surface area contributed by atoms with Crippen LogP contribution in [0.25, 0.3) is 6.08 Å². The van der Waals surface area contributed by atoms with Crippen LogP contribution in [0.15, 0.2) is 35.9 Å². The van der Waals surface area contributed by atoms with Gasteiger partial charge in [0.05, 0.1) is 11.8 Å². The molecular formula is C23H25N3O3S. The van der Waals surface area contributed by atoms with Gasteiger partial charge in [-0.2, -0.15) is 0 Å². The summed E-state index contributed by atoms with van der Waals surface area (Å²) in [6.45, 7) is 7.59. The molecule has 2 fully saturated rings. The monoisotopic (exact) mass is 423 g/mol. The Kier molecular flexibility index (Phi) is 5.58. The second-order valence-electron chi connectivity index (χ2n) is 7.87. The molecule has 7 heteroatoms. The highest BCUT2D eigenvalue weighted by molar-refractivity contribution is 7.80. The number of rotatable bonds is 4. The largest absolute Gasteiger partial charge is 0.376 e. The number of carbonyl (C=O) groups excluding carboxylic acids is 2. The molecule has 1 N–H and O–H groups in total. The Bertz CT molecular complexity index is 1050. The Hall–Kier alpha value is -2.77. The minimum Gasteiger partial charge on any atom is -0.376 e. The number of aryl methyl sites for hydroxylation is 2. The zero-order valence-corrected chi connectivity index (χ0v) is 18.2. The lowest BCUT2D eigenvalue weighted by Gasteiger charge is -2.29. The predicted molar refractivity (Wildman–Crippen MR) is 120 cm³/mol. The molecule has 2 aliphatic rings. The van der Waals surface area contributed by atoms with E-state index in [4.69, 9.17) is 17.0 Å². The zero-order valence-electron chi connectivity index (χ0n) is 17.4. The average molecular weight is 424 g/mol. The first-order chi connectivity index (χ1) is 14.3. The van der Waals surface area contributed by atoms with E-state index in [0.717, 1.165) is 48.5 Å². The molecule has 2 saturated heterocycles. The van der Waals surface area contributed by atoms with Crippen LogP contribution >= 0.6 is 12.2 Å². The van der Waals surface area contributed by atoms with Crippen molar-refractivity contribution in [1.82, 2.24) is 9.88 Å². The van der Waals surface area contributed by atoms with Gasteiger partial charge in [-0.3, -0.25) is 19.8 Å². The lowest BCUT2D eigenvalue weighted by atomic mass is 10.1. The van der Waals surface area contributed by atoms with Crippen molar-refractivity contribution in [2.75, 3.05) is 11.5 Å². The number of carbonyl (C=O) groups is 2. The summed E-state index contributed by atoms with van der Waals surface area (Å²) in [4.78, 5) is 27.2. The van der Waals surface area contributed by atoms with Crippen molar-refractivity contribution in [2.45, 2.75) is 46.3 Å². The predicted octanol–water partition coefficient (Wildman–Crippen LogP) is 3.42. The zero-order chi connectivity index (χ0) is 21.4. The Labute approximate surface area is 181 Å². The van der Waals surface area contributed by atoms with Crippen molar-refractivity contribution < 1.29 is 14.3 Å². The number of thiocarbonyl (C=S) groups is 1. The molecule has 0 radical (unpaired) electrons. The molecule has 0 saturated carbocycles. The molecule has 1 atom stereocenters. The van der Waals surface area contributed by atoms with E-state index in [0.29, 0.717) is 5.69 Å². The van der Waals surface area contributed by atoms with Crippen molar-refractivity contribution in [3.05, 3.63) is 58.4 Å². The number of anilines is 1. The molecular weight excluding hydrogens is 398 g/mol. The first-order valence-electron chi connectivity index (χ1n) is 10.1. The molecule has 4 rings (SSSR count). The summed E-state index contributed by atoms with van der Waals surface area (Å²) < 4.78 is 7.96. The molecule has 2 aliphatic heterocycles. The van der Waals surface area contributed by atoms with Gasteiger partial charge in [0, 0.05) is 24.5 Å². The maximum absolute atomic E-state index is 13.2. The van der Waals surface area contributed by atoms with E-state index >= 15 is 0 Å². The van der Waals surface area contributed by atoms with Gasteiger partial charge in [0.2, 0.25) is 0 Å². The lowest BCUT2D eigenvalue weighted by molar-refractivity contribution is -0.122. The normalized spacial score (nSPS) is 20.9. The molecule has 2 aromatic rings. The fourth-order valence-corrected chi connectivity index (χ4v) is 4.27. The SMILES string of the molecule is Cc1ccc(N2C(=O)/C(=C/c3cc(C)n(C[C@H]4CCCO4)c3C)C(=O)NC2=S)cc1. The van der Waals surface area contributed by atoms with Crippen LogP contribution in [0.5, 0.6) is 0 Å². The Morgan fingerprint density at radius 2 is 1.93 bits per heavy atom. The van der Waals surface area contributed by atoms with Gasteiger partial charge in [0.1, 0.15) is 5.57 Å². The number of nitrogens with zero attached hydrogens (tertiary/aromatic N) is 2. The van der Waals surface area contributed by atoms with Crippen molar-refractivity contribution >= 4 is 40.9 Å². The summed E-state index contributed by atoms with van der Waals surface area (Å²) in [5, 5.41) is 2.74. The van der Waals surface area contributed by atoms with E-state index in [9.17, 15) is 9.59 Å². The van der Waals surface area contributed by atoms with Crippen molar-refractivity contribution in [2.24, 2.45) is 0 Å². The molecule has 30 heavy (non-hydrogen) atoms. The van der Waals surface area contributed by atoms with Crippen LogP contribution in [0.2, 0.25) is 0 Å². The maximum Gasteiger partial charge on any atom is 0.270 e. The highest BCUT2D eigenvalue weighted by atomic mass is 32.1. The topological polar surface area (TPSA) is 63.6 Å². The van der Waals surface area contributed by atoms with Crippen LogP contribution in [-0.4, -0.2) is 34.2 Å². The van der Waals surface area contributed by atoms with Gasteiger partial charge in [-0.25, -0.2) is 0 Å². The number of aromatic nitrogens is 1. The average Bonchev–Trinajstić information content (AvgIpc) is 3.30. The first-order valence-corrected chi connectivity index (χ1v) is 10.5. The second kappa shape index (κ2) is 8.16. The summed E-state index contributed by atoms with van der Waals surface area (Å²) >= 11 is 5.27. The van der Waals surface area contributed by atoms with E-state index in [1.165, 1.54) is 4.90 Å². The van der Waals surface area contributed by atoms with Crippen LogP contribution < -0.4 is 10.2 Å². The molecule has 1 aromatic carbocycles. The maximum atomic E-state index is 13.2. The highest BCUT2D eigenvalue weighted by Gasteiger charge is 2.34. The fourth-order valence-electron chi connectivity index (χ4n) is 3.99. The Balaban J connectivity index is 1.66. The Morgan fingerprint density at radius 1 is 1.20 bits per heavy atom. The molecule has 0 spiro atoms. The molecule has 0 bridgehead atoms. The summed E-state index contributed by atoms with van der Waals surface area (Å²) in [6, 6.07) is 9.46. The minimum absolute atomic E-state index is 0.0709. The van der Waals surface area contributed by atoms with Crippen molar-refractivity contribution in [3.63, 3.8) is 0 Å². The number of benzene rings is 1. The summed E-state index contributed by atoms with van der Waals surface area (Å²) in [7, 11) is 0. The number of nitrogens with one attached hydrogen (secondary N) is 1. The van der Waals surface area contributed by atoms with Gasteiger partial charge < -0.3 is 9.30 Å². The second-order valence-corrected chi connectivity index (χ2v) is 8.25. The van der Waals surface area contributed by atoms with Crippen LogP contribution in [0.3, 0.4) is 0 Å². The lowest BCUT2D eigenvalue weighted by Crippen LogP contribution is -2.54. The first kappa shape index (κ1) is 20.5. The van der Waals surface area contributed by atoms with E-state index in [1.54, 1.807) is 6.08 Å². The van der Waals surface area contributed by atoms with Crippen LogP contribution in [0.4, 0.5) is 5.69 Å². The minimum atomic E-state index is -0.475. The van der Waals surface area contributed by atoms with Crippen molar-refractivity contribution in [1.29, 1.82) is 0 Å². The highest BCUT2D eigenvalue weighted by Crippen LogP contribution is 2.25. The summed E-state index contributed by atoms with van der Waals surface area (Å²) in [5.74, 6) is -0.895. The fraction of sp³-hybridized carbons (Fsp3) is 0.348. The number of hydrogen-bond acceptors (Lipinski definition) is 4. The summed E-state index contributed by atoms with van der Waals surface area (Å²) in [5.41, 5.74) is 4.70. The van der Waals surface area contributed by atoms with Crippen LogP contribution in [0.1, 0.15) is 35.4 Å². The number of amides is 2. The van der Waals surface area contributed by atoms with Crippen LogP contribution in [-0.2, 0) is 20.9 Å². The van der Waals surface area contributed by atoms with E-state index in [1.807, 2.05) is 51.1 Å². The molecule has 156 valence electrons. The molecule has 3 heterocycles. The van der Waals surface area contributed by atoms with Crippen LogP contribution in [0, 0.1) is 20.8 Å². The quantitative estimate of drug-likeness (QED) is 0.465. The molecule has 2 amide bonds. The van der Waals surface area contributed by atoms with E-state index in [-0.39, 0.29) is 16.8 Å². The number of hydrogen-bond donors (Lipinski definition) is 1. The van der Waals surface area contributed by atoms with E-state index in [2.05, 4.69) is 9.88 Å². The van der Waals surface area contributed by atoms with Gasteiger partial charge in [-0.05, 0) is 75.7 Å². The van der Waals surface area contributed by atoms with Gasteiger partial charge in [-0.15, -0.1) is 0 Å².